The molecule has 0 spiro atoms. The van der Waals surface area contributed by atoms with Crippen LogP contribution in [0.1, 0.15) is 106 Å². The molecule has 1 unspecified atom stereocenters. The third-order valence-electron chi connectivity index (χ3n) is 7.57. The predicted molar refractivity (Wildman–Crippen MR) is 187 cm³/mol. The molecule has 2 rings (SSSR count). The first-order valence-corrected chi connectivity index (χ1v) is 17.5. The molecule has 48 heavy (non-hydrogen) atoms. The van der Waals surface area contributed by atoms with Crippen LogP contribution in [0.5, 0.6) is 0 Å². The lowest BCUT2D eigenvalue weighted by atomic mass is 9.82. The highest BCUT2D eigenvalue weighted by Gasteiger charge is 2.37. The van der Waals surface area contributed by atoms with Crippen LogP contribution < -0.4 is 16.2 Å². The van der Waals surface area contributed by atoms with Crippen LogP contribution in [0.25, 0.3) is 6.08 Å². The van der Waals surface area contributed by atoms with Crippen molar-refractivity contribution in [2.75, 3.05) is 13.2 Å². The summed E-state index contributed by atoms with van der Waals surface area (Å²) < 4.78 is 11.1. The number of hydrogen-bond donors (Lipinski definition) is 3. The molecule has 1 heterocycles. The molecule has 1 aromatic rings. The SMILES string of the molecule is CC(C)C[C@H](NC(=O)OC(C)(C)C)C(=O)N(CC(C)C)NC(=O)[C@H](CC(C)C)[C@H](C/C=C/c1ccccc1)C(=O)NOC1CCCCO1. The summed E-state index contributed by atoms with van der Waals surface area (Å²) >= 11 is 0. The van der Waals surface area contributed by atoms with Crippen molar-refractivity contribution < 1.29 is 33.5 Å². The number of ether oxygens (including phenoxy) is 2. The molecule has 3 N–H and O–H groups in total. The van der Waals surface area contributed by atoms with E-state index in [2.05, 4.69) is 16.2 Å². The van der Waals surface area contributed by atoms with Gasteiger partial charge in [0.15, 0.2) is 6.29 Å². The Morgan fingerprint density at radius 2 is 1.58 bits per heavy atom. The molecule has 1 aliphatic heterocycles. The van der Waals surface area contributed by atoms with Crippen molar-refractivity contribution in [2.45, 2.75) is 119 Å². The molecule has 0 radical (unpaired) electrons. The summed E-state index contributed by atoms with van der Waals surface area (Å²) in [6.45, 7) is 17.8. The number of hydrazine groups is 1. The maximum Gasteiger partial charge on any atom is 0.408 e. The van der Waals surface area contributed by atoms with E-state index in [1.807, 2.05) is 84.0 Å². The van der Waals surface area contributed by atoms with E-state index in [1.165, 1.54) is 5.01 Å². The van der Waals surface area contributed by atoms with Gasteiger partial charge in [0.05, 0.1) is 11.8 Å². The summed E-state index contributed by atoms with van der Waals surface area (Å²) in [7, 11) is 0. The summed E-state index contributed by atoms with van der Waals surface area (Å²) in [4.78, 5) is 60.4. The van der Waals surface area contributed by atoms with Crippen LogP contribution >= 0.6 is 0 Å². The number of benzene rings is 1. The summed E-state index contributed by atoms with van der Waals surface area (Å²) in [6, 6.07) is 8.78. The van der Waals surface area contributed by atoms with Crippen molar-refractivity contribution in [2.24, 2.45) is 29.6 Å². The van der Waals surface area contributed by atoms with Crippen LogP contribution in [0.15, 0.2) is 36.4 Å². The smallest absolute Gasteiger partial charge is 0.408 e. The minimum absolute atomic E-state index is 0.00387. The van der Waals surface area contributed by atoms with E-state index in [-0.39, 0.29) is 30.7 Å². The van der Waals surface area contributed by atoms with E-state index in [4.69, 9.17) is 14.3 Å². The van der Waals surface area contributed by atoms with E-state index in [0.29, 0.717) is 25.9 Å². The van der Waals surface area contributed by atoms with Crippen LogP contribution in [0, 0.1) is 29.6 Å². The van der Waals surface area contributed by atoms with Gasteiger partial charge in [0, 0.05) is 19.6 Å². The van der Waals surface area contributed by atoms with Gasteiger partial charge in [-0.3, -0.25) is 24.8 Å². The average molecular weight is 673 g/mol. The second-order valence-electron chi connectivity index (χ2n) is 14.9. The fourth-order valence-electron chi connectivity index (χ4n) is 5.44. The minimum atomic E-state index is -0.931. The molecule has 270 valence electrons. The zero-order valence-corrected chi connectivity index (χ0v) is 30.5. The molecule has 1 saturated heterocycles. The Morgan fingerprint density at radius 1 is 0.917 bits per heavy atom. The second-order valence-corrected chi connectivity index (χ2v) is 14.9. The van der Waals surface area contributed by atoms with Gasteiger partial charge in [0.25, 0.3) is 5.91 Å². The van der Waals surface area contributed by atoms with Crippen LogP contribution in [0.3, 0.4) is 0 Å². The standard InChI is InChI=1S/C37H60N4O7/c1-25(2)22-30(29(19-15-18-28-16-11-10-12-17-28)34(43)40-48-32-20-13-14-21-46-32)33(42)39-41(24-27(5)6)35(44)31(23-26(3)4)38-36(45)47-37(7,8)9/h10-12,15-18,25-27,29-32H,13-14,19-24H2,1-9H3,(H,38,45)(H,39,42)(H,40,43)/b18-15+/t29-,30+,31-,32?/m0/s1. The Hall–Kier alpha value is -3.44. The minimum Gasteiger partial charge on any atom is -0.444 e. The van der Waals surface area contributed by atoms with Gasteiger partial charge in [-0.1, -0.05) is 84.0 Å². The van der Waals surface area contributed by atoms with Gasteiger partial charge in [-0.25, -0.2) is 15.1 Å². The number of allylic oxidation sites excluding steroid dienone is 1. The molecular formula is C37H60N4O7. The number of nitrogens with one attached hydrogen (secondary N) is 3. The van der Waals surface area contributed by atoms with E-state index in [1.54, 1.807) is 20.8 Å². The van der Waals surface area contributed by atoms with Gasteiger partial charge in [0.2, 0.25) is 11.8 Å². The van der Waals surface area contributed by atoms with Gasteiger partial charge in [-0.15, -0.1) is 0 Å². The third-order valence-corrected chi connectivity index (χ3v) is 7.57. The average Bonchev–Trinajstić information content (AvgIpc) is 2.99. The van der Waals surface area contributed by atoms with Gasteiger partial charge in [0.1, 0.15) is 11.6 Å². The van der Waals surface area contributed by atoms with E-state index < -0.39 is 53.6 Å². The number of carbonyl (C=O) groups excluding carboxylic acids is 4. The van der Waals surface area contributed by atoms with Gasteiger partial charge >= 0.3 is 6.09 Å². The number of nitrogens with zero attached hydrogens (tertiary/aromatic N) is 1. The number of alkyl carbamates (subject to hydrolysis) is 1. The monoisotopic (exact) mass is 672 g/mol. The molecule has 0 aliphatic carbocycles. The van der Waals surface area contributed by atoms with Crippen LogP contribution in [-0.2, 0) is 28.7 Å². The first kappa shape index (κ1) is 40.7. The number of hydroxylamine groups is 1. The first-order chi connectivity index (χ1) is 22.6. The molecule has 4 atom stereocenters. The van der Waals surface area contributed by atoms with Crippen LogP contribution in [0.4, 0.5) is 4.79 Å². The largest absolute Gasteiger partial charge is 0.444 e. The normalized spacial score (nSPS) is 17.2. The van der Waals surface area contributed by atoms with E-state index in [9.17, 15) is 19.2 Å². The van der Waals surface area contributed by atoms with Crippen molar-refractivity contribution in [3.63, 3.8) is 0 Å². The molecule has 4 amide bonds. The molecule has 0 aromatic heterocycles. The van der Waals surface area contributed by atoms with Crippen LogP contribution in [0.2, 0.25) is 0 Å². The number of carbonyl (C=O) groups is 4. The third kappa shape index (κ3) is 15.6. The van der Waals surface area contributed by atoms with Crippen molar-refractivity contribution >= 4 is 29.9 Å². The zero-order valence-electron chi connectivity index (χ0n) is 30.5. The van der Waals surface area contributed by atoms with Crippen molar-refractivity contribution in [3.05, 3.63) is 42.0 Å². The quantitative estimate of drug-likeness (QED) is 0.173. The summed E-state index contributed by atoms with van der Waals surface area (Å²) in [5.41, 5.74) is 5.66. The molecule has 11 nitrogen and oxygen atoms in total. The summed E-state index contributed by atoms with van der Waals surface area (Å²) in [6.07, 6.45) is 6.07. The highest BCUT2D eigenvalue weighted by molar-refractivity contribution is 5.91. The number of hydrogen-bond acceptors (Lipinski definition) is 7. The number of rotatable bonds is 16. The molecule has 11 heteroatoms. The lowest BCUT2D eigenvalue weighted by Gasteiger charge is -2.33. The first-order valence-electron chi connectivity index (χ1n) is 17.5. The fraction of sp³-hybridized carbons (Fsp3) is 0.676. The Kier molecular flexibility index (Phi) is 17.1. The van der Waals surface area contributed by atoms with Gasteiger partial charge in [-0.2, -0.15) is 0 Å². The second kappa shape index (κ2) is 20.2. The highest BCUT2D eigenvalue weighted by atomic mass is 16.8. The Balaban J connectivity index is 2.38. The Bertz CT molecular complexity index is 1170. The van der Waals surface area contributed by atoms with E-state index in [0.717, 1.165) is 18.4 Å². The summed E-state index contributed by atoms with van der Waals surface area (Å²) in [5.74, 6) is -2.83. The topological polar surface area (TPSA) is 135 Å². The Morgan fingerprint density at radius 3 is 2.15 bits per heavy atom. The fourth-order valence-corrected chi connectivity index (χ4v) is 5.44. The lowest BCUT2D eigenvalue weighted by Crippen LogP contribution is -2.58. The number of amides is 4. The molecule has 1 fully saturated rings. The van der Waals surface area contributed by atoms with Crippen LogP contribution in [-0.4, -0.2) is 59.9 Å². The zero-order chi connectivity index (χ0) is 35.9. The predicted octanol–water partition coefficient (Wildman–Crippen LogP) is 6.40. The van der Waals surface area contributed by atoms with Crippen molar-refractivity contribution in [1.29, 1.82) is 0 Å². The van der Waals surface area contributed by atoms with E-state index >= 15 is 0 Å². The Labute approximate surface area is 287 Å². The van der Waals surface area contributed by atoms with Gasteiger partial charge in [-0.05, 0) is 76.2 Å². The molecule has 1 aliphatic rings. The molecule has 0 bridgehead atoms. The lowest BCUT2D eigenvalue weighted by molar-refractivity contribution is -0.203. The van der Waals surface area contributed by atoms with Crippen molar-refractivity contribution in [3.8, 4) is 0 Å². The van der Waals surface area contributed by atoms with Crippen molar-refractivity contribution in [1.82, 2.24) is 21.2 Å². The maximum atomic E-state index is 14.2. The summed E-state index contributed by atoms with van der Waals surface area (Å²) in [5, 5.41) is 4.00. The highest BCUT2D eigenvalue weighted by Crippen LogP contribution is 2.26. The maximum absolute atomic E-state index is 14.2. The molecule has 0 saturated carbocycles. The molecule has 1 aromatic carbocycles. The van der Waals surface area contributed by atoms with Gasteiger partial charge < -0.3 is 14.8 Å². The molecular weight excluding hydrogens is 612 g/mol.